The van der Waals surface area contributed by atoms with Crippen molar-refractivity contribution in [2.24, 2.45) is 5.92 Å². The number of ketones is 1. The number of amides is 2. The van der Waals surface area contributed by atoms with Crippen LogP contribution in [-0.2, 0) is 14.3 Å². The van der Waals surface area contributed by atoms with Crippen LogP contribution in [0.2, 0.25) is 5.02 Å². The van der Waals surface area contributed by atoms with E-state index < -0.39 is 29.8 Å². The zero-order chi connectivity index (χ0) is 21.7. The Labute approximate surface area is 178 Å². The van der Waals surface area contributed by atoms with E-state index in [0.717, 1.165) is 5.01 Å². The van der Waals surface area contributed by atoms with Gasteiger partial charge < -0.3 is 4.74 Å². The van der Waals surface area contributed by atoms with E-state index in [-0.39, 0.29) is 18.7 Å². The van der Waals surface area contributed by atoms with Gasteiger partial charge in [0.15, 0.2) is 6.10 Å². The quantitative estimate of drug-likeness (QED) is 0.540. The molecule has 7 nitrogen and oxygen atoms in total. The minimum Gasteiger partial charge on any atom is -0.454 e. The second-order valence-corrected chi connectivity index (χ2v) is 7.35. The third kappa shape index (κ3) is 5.04. The lowest BCUT2D eigenvalue weighted by atomic mass is 10.0. The third-order valence-corrected chi connectivity index (χ3v) is 5.03. The van der Waals surface area contributed by atoms with E-state index in [1.807, 2.05) is 0 Å². The Kier molecular flexibility index (Phi) is 6.84. The Morgan fingerprint density at radius 1 is 1.10 bits per heavy atom. The van der Waals surface area contributed by atoms with E-state index in [1.54, 1.807) is 49.4 Å². The summed E-state index contributed by atoms with van der Waals surface area (Å²) >= 11 is 5.81. The number of hydrogen-bond acceptors (Lipinski definition) is 5. The molecule has 1 aliphatic rings. The topological polar surface area (TPSA) is 92.8 Å². The number of hydrazine groups is 1. The van der Waals surface area contributed by atoms with Gasteiger partial charge in [0.1, 0.15) is 0 Å². The van der Waals surface area contributed by atoms with Crippen molar-refractivity contribution in [1.82, 2.24) is 10.4 Å². The van der Waals surface area contributed by atoms with Gasteiger partial charge in [0.2, 0.25) is 11.7 Å². The molecule has 1 saturated heterocycles. The molecule has 0 spiro atoms. The number of Topliss-reactive ketones (excluding diaryl/α,β-unsaturated/α-hetero) is 1. The molecule has 2 atom stereocenters. The molecule has 0 bridgehead atoms. The summed E-state index contributed by atoms with van der Waals surface area (Å²) in [6, 6.07) is 14.8. The molecule has 8 heteroatoms. The van der Waals surface area contributed by atoms with Crippen molar-refractivity contribution in [2.45, 2.75) is 25.9 Å². The molecule has 2 aromatic carbocycles. The van der Waals surface area contributed by atoms with Crippen LogP contribution in [-0.4, -0.2) is 41.2 Å². The summed E-state index contributed by atoms with van der Waals surface area (Å²) in [5.74, 6) is -2.58. The lowest BCUT2D eigenvalue weighted by Gasteiger charge is -2.19. The highest BCUT2D eigenvalue weighted by Crippen LogP contribution is 2.20. The van der Waals surface area contributed by atoms with Crippen LogP contribution in [0.15, 0.2) is 54.6 Å². The number of rotatable bonds is 7. The molecule has 0 saturated carbocycles. The van der Waals surface area contributed by atoms with Crippen LogP contribution >= 0.6 is 11.6 Å². The average Bonchev–Trinajstić information content (AvgIpc) is 3.12. The Morgan fingerprint density at radius 3 is 2.40 bits per heavy atom. The van der Waals surface area contributed by atoms with Gasteiger partial charge in [-0.2, -0.15) is 0 Å². The fourth-order valence-electron chi connectivity index (χ4n) is 3.11. The molecular formula is C22H21ClN2O5. The first-order chi connectivity index (χ1) is 14.4. The number of carbonyl (C=O) groups excluding carboxylic acids is 4. The molecule has 1 aliphatic heterocycles. The van der Waals surface area contributed by atoms with E-state index in [4.69, 9.17) is 16.3 Å². The second-order valence-electron chi connectivity index (χ2n) is 6.92. The first-order valence-corrected chi connectivity index (χ1v) is 9.93. The van der Waals surface area contributed by atoms with Crippen molar-refractivity contribution in [3.8, 4) is 0 Å². The maximum absolute atomic E-state index is 12.6. The van der Waals surface area contributed by atoms with Gasteiger partial charge in [0.25, 0.3) is 5.91 Å². The minimum atomic E-state index is -0.923. The van der Waals surface area contributed by atoms with Crippen LogP contribution in [0.25, 0.3) is 0 Å². The smallest absolute Gasteiger partial charge is 0.312 e. The van der Waals surface area contributed by atoms with Gasteiger partial charge in [0, 0.05) is 22.6 Å². The molecule has 1 N–H and O–H groups in total. The predicted octanol–water partition coefficient (Wildman–Crippen LogP) is 3.04. The van der Waals surface area contributed by atoms with Crippen molar-refractivity contribution < 1.29 is 23.9 Å². The van der Waals surface area contributed by atoms with Crippen molar-refractivity contribution in [3.05, 3.63) is 70.7 Å². The van der Waals surface area contributed by atoms with Gasteiger partial charge in [-0.15, -0.1) is 0 Å². The van der Waals surface area contributed by atoms with Crippen molar-refractivity contribution in [3.63, 3.8) is 0 Å². The van der Waals surface area contributed by atoms with Gasteiger partial charge in [-0.25, -0.2) is 0 Å². The van der Waals surface area contributed by atoms with E-state index >= 15 is 0 Å². The Balaban J connectivity index is 1.59. The number of ether oxygens (including phenoxy) is 1. The standard InChI is InChI=1S/C22H21ClN2O5/c1-2-18(20(27)14-6-4-3-5-7-14)30-22(29)16-12-19(26)25(13-16)24-21(28)15-8-10-17(23)11-9-15/h3-11,16,18H,2,12-13H2,1H3,(H,24,28)/t16-,18-/m1/s1. The van der Waals surface area contributed by atoms with E-state index in [2.05, 4.69) is 5.43 Å². The molecule has 3 rings (SSSR count). The first-order valence-electron chi connectivity index (χ1n) is 9.55. The van der Waals surface area contributed by atoms with Gasteiger partial charge in [0.05, 0.1) is 12.5 Å². The second kappa shape index (κ2) is 9.54. The molecule has 156 valence electrons. The highest BCUT2D eigenvalue weighted by atomic mass is 35.5. The molecule has 0 aromatic heterocycles. The maximum Gasteiger partial charge on any atom is 0.312 e. The van der Waals surface area contributed by atoms with Gasteiger partial charge in [-0.05, 0) is 30.7 Å². The number of nitrogens with zero attached hydrogens (tertiary/aromatic N) is 1. The summed E-state index contributed by atoms with van der Waals surface area (Å²) in [6.07, 6.45) is -0.708. The predicted molar refractivity (Wildman–Crippen MR) is 110 cm³/mol. The van der Waals surface area contributed by atoms with Crippen molar-refractivity contribution in [2.75, 3.05) is 6.54 Å². The van der Waals surface area contributed by atoms with E-state index in [0.29, 0.717) is 22.6 Å². The molecule has 0 aliphatic carbocycles. The Hall–Kier alpha value is -3.19. The Morgan fingerprint density at radius 2 is 1.77 bits per heavy atom. The molecular weight excluding hydrogens is 408 g/mol. The maximum atomic E-state index is 12.6. The minimum absolute atomic E-state index is 0.0209. The van der Waals surface area contributed by atoms with Crippen LogP contribution in [0.3, 0.4) is 0 Å². The van der Waals surface area contributed by atoms with Crippen molar-refractivity contribution in [1.29, 1.82) is 0 Å². The molecule has 0 unspecified atom stereocenters. The van der Waals surface area contributed by atoms with Gasteiger partial charge >= 0.3 is 5.97 Å². The molecule has 2 aromatic rings. The Bertz CT molecular complexity index is 946. The molecule has 30 heavy (non-hydrogen) atoms. The van der Waals surface area contributed by atoms with E-state index in [9.17, 15) is 19.2 Å². The molecule has 0 radical (unpaired) electrons. The number of carbonyl (C=O) groups is 4. The van der Waals surface area contributed by atoms with E-state index in [1.165, 1.54) is 12.1 Å². The van der Waals surface area contributed by atoms with Crippen LogP contribution < -0.4 is 5.43 Å². The third-order valence-electron chi connectivity index (χ3n) is 4.78. The summed E-state index contributed by atoms with van der Waals surface area (Å²) in [5.41, 5.74) is 3.28. The fraction of sp³-hybridized carbons (Fsp3) is 0.273. The molecule has 1 heterocycles. The van der Waals surface area contributed by atoms with Crippen molar-refractivity contribution >= 4 is 35.2 Å². The van der Waals surface area contributed by atoms with Crippen LogP contribution in [0, 0.1) is 5.92 Å². The fourth-order valence-corrected chi connectivity index (χ4v) is 3.23. The first kappa shape index (κ1) is 21.5. The van der Waals surface area contributed by atoms with Crippen LogP contribution in [0.4, 0.5) is 0 Å². The average molecular weight is 429 g/mol. The summed E-state index contributed by atoms with van der Waals surface area (Å²) in [7, 11) is 0. The number of benzene rings is 2. The van der Waals surface area contributed by atoms with Crippen LogP contribution in [0.1, 0.15) is 40.5 Å². The van der Waals surface area contributed by atoms with Gasteiger partial charge in [-0.1, -0.05) is 48.9 Å². The molecule has 2 amide bonds. The number of esters is 1. The normalized spacial score (nSPS) is 16.8. The highest BCUT2D eigenvalue weighted by molar-refractivity contribution is 6.30. The lowest BCUT2D eigenvalue weighted by molar-refractivity contribution is -0.151. The highest BCUT2D eigenvalue weighted by Gasteiger charge is 2.38. The monoisotopic (exact) mass is 428 g/mol. The van der Waals surface area contributed by atoms with Gasteiger partial charge in [-0.3, -0.25) is 29.6 Å². The number of nitrogens with one attached hydrogen (secondary N) is 1. The summed E-state index contributed by atoms with van der Waals surface area (Å²) < 4.78 is 5.40. The summed E-state index contributed by atoms with van der Waals surface area (Å²) in [4.78, 5) is 49.6. The summed E-state index contributed by atoms with van der Waals surface area (Å²) in [6.45, 7) is 1.73. The molecule has 1 fully saturated rings. The zero-order valence-electron chi connectivity index (χ0n) is 16.3. The largest absolute Gasteiger partial charge is 0.454 e. The SMILES string of the molecule is CC[C@@H](OC(=O)[C@@H]1CC(=O)N(NC(=O)c2ccc(Cl)cc2)C1)C(=O)c1ccccc1. The zero-order valence-corrected chi connectivity index (χ0v) is 17.1. The van der Waals surface area contributed by atoms with Crippen LogP contribution in [0.5, 0.6) is 0 Å². The summed E-state index contributed by atoms with van der Waals surface area (Å²) in [5, 5.41) is 1.59. The number of hydrogen-bond donors (Lipinski definition) is 1. The number of halogens is 1. The lowest BCUT2D eigenvalue weighted by Crippen LogP contribution is -2.43.